The van der Waals surface area contributed by atoms with Crippen LogP contribution in [-0.4, -0.2) is 49.0 Å². The Hall–Kier alpha value is -2.15. The van der Waals surface area contributed by atoms with E-state index in [4.69, 9.17) is 4.74 Å². The Bertz CT molecular complexity index is 554. The lowest BCUT2D eigenvalue weighted by Crippen LogP contribution is -2.37. The van der Waals surface area contributed by atoms with Crippen molar-refractivity contribution in [1.82, 2.24) is 10.2 Å². The summed E-state index contributed by atoms with van der Waals surface area (Å²) in [5.74, 6) is -0.0412. The normalized spacial score (nSPS) is 18.4. The van der Waals surface area contributed by atoms with Gasteiger partial charge in [0.15, 0.2) is 5.75 Å². The number of hydrogen-bond acceptors (Lipinski definition) is 5. The van der Waals surface area contributed by atoms with Crippen LogP contribution >= 0.6 is 0 Å². The van der Waals surface area contributed by atoms with Crippen molar-refractivity contribution < 1.29 is 14.5 Å². The number of nitro benzene ring substituents is 1. The maximum absolute atomic E-state index is 12.6. The van der Waals surface area contributed by atoms with Crippen molar-refractivity contribution >= 4 is 11.6 Å². The molecule has 1 unspecified atom stereocenters. The molecular formula is C15H21N3O4. The fourth-order valence-corrected chi connectivity index (χ4v) is 2.72. The van der Waals surface area contributed by atoms with Crippen molar-refractivity contribution in [1.29, 1.82) is 0 Å². The molecule has 0 saturated carbocycles. The van der Waals surface area contributed by atoms with E-state index in [9.17, 15) is 14.9 Å². The summed E-state index contributed by atoms with van der Waals surface area (Å²) in [7, 11) is 3.13. The fourth-order valence-electron chi connectivity index (χ4n) is 2.72. The first kappa shape index (κ1) is 16.2. The van der Waals surface area contributed by atoms with Crippen LogP contribution in [0.3, 0.4) is 0 Å². The van der Waals surface area contributed by atoms with Gasteiger partial charge < -0.3 is 15.0 Å². The van der Waals surface area contributed by atoms with Crippen LogP contribution in [0.2, 0.25) is 0 Å². The molecule has 1 aliphatic rings. The minimum Gasteiger partial charge on any atom is -0.490 e. The minimum atomic E-state index is -0.537. The summed E-state index contributed by atoms with van der Waals surface area (Å²) in [4.78, 5) is 24.8. The van der Waals surface area contributed by atoms with Crippen LogP contribution in [0.15, 0.2) is 18.2 Å². The second-order valence-corrected chi connectivity index (χ2v) is 5.39. The number of rotatable bonds is 4. The van der Waals surface area contributed by atoms with E-state index in [0.717, 1.165) is 32.4 Å². The number of nitrogens with one attached hydrogen (secondary N) is 1. The highest BCUT2D eigenvalue weighted by molar-refractivity contribution is 5.95. The van der Waals surface area contributed by atoms with Crippen LogP contribution in [-0.2, 0) is 0 Å². The standard InChI is InChI=1S/C15H21N3O4/c1-17(12-4-3-8-16-9-7-12)15(19)11-5-6-14(22-2)13(10-11)18(20)21/h5-6,10,12,16H,3-4,7-9H2,1-2H3. The Morgan fingerprint density at radius 1 is 1.41 bits per heavy atom. The zero-order chi connectivity index (χ0) is 16.1. The molecule has 0 spiro atoms. The first-order valence-corrected chi connectivity index (χ1v) is 7.35. The molecule has 1 amide bonds. The van der Waals surface area contributed by atoms with Crippen LogP contribution in [0.5, 0.6) is 5.75 Å². The lowest BCUT2D eigenvalue weighted by molar-refractivity contribution is -0.385. The highest BCUT2D eigenvalue weighted by Gasteiger charge is 2.24. The van der Waals surface area contributed by atoms with Crippen molar-refractivity contribution in [3.63, 3.8) is 0 Å². The van der Waals surface area contributed by atoms with Crippen LogP contribution in [0, 0.1) is 10.1 Å². The van der Waals surface area contributed by atoms with E-state index in [1.807, 2.05) is 0 Å². The summed E-state index contributed by atoms with van der Waals surface area (Å²) in [5, 5.41) is 14.4. The Kier molecular flexibility index (Phi) is 5.32. The van der Waals surface area contributed by atoms with Crippen molar-refractivity contribution in [3.05, 3.63) is 33.9 Å². The van der Waals surface area contributed by atoms with Gasteiger partial charge in [0, 0.05) is 24.7 Å². The topological polar surface area (TPSA) is 84.7 Å². The van der Waals surface area contributed by atoms with Gasteiger partial charge in [-0.25, -0.2) is 0 Å². The first-order chi connectivity index (χ1) is 10.5. The zero-order valence-corrected chi connectivity index (χ0v) is 12.9. The molecule has 1 aromatic rings. The molecular weight excluding hydrogens is 286 g/mol. The summed E-state index contributed by atoms with van der Waals surface area (Å²) in [6.07, 6.45) is 2.85. The Morgan fingerprint density at radius 3 is 2.86 bits per heavy atom. The van der Waals surface area contributed by atoms with Gasteiger partial charge in [0.05, 0.1) is 12.0 Å². The van der Waals surface area contributed by atoms with E-state index in [0.29, 0.717) is 5.56 Å². The largest absolute Gasteiger partial charge is 0.490 e. The van der Waals surface area contributed by atoms with E-state index >= 15 is 0 Å². The highest BCUT2D eigenvalue weighted by atomic mass is 16.6. The van der Waals surface area contributed by atoms with E-state index < -0.39 is 4.92 Å². The monoisotopic (exact) mass is 307 g/mol. The Morgan fingerprint density at radius 2 is 2.18 bits per heavy atom. The molecule has 1 aliphatic heterocycles. The van der Waals surface area contributed by atoms with Crippen molar-refractivity contribution in [3.8, 4) is 5.75 Å². The average molecular weight is 307 g/mol. The predicted molar refractivity (Wildman–Crippen MR) is 82.3 cm³/mol. The van der Waals surface area contributed by atoms with E-state index in [-0.39, 0.29) is 23.4 Å². The molecule has 0 bridgehead atoms. The minimum absolute atomic E-state index is 0.155. The van der Waals surface area contributed by atoms with Gasteiger partial charge >= 0.3 is 5.69 Å². The molecule has 1 N–H and O–H groups in total. The van der Waals surface area contributed by atoms with Crippen LogP contribution in [0.1, 0.15) is 29.6 Å². The first-order valence-electron chi connectivity index (χ1n) is 7.35. The smallest absolute Gasteiger partial charge is 0.311 e. The molecule has 0 aliphatic carbocycles. The van der Waals surface area contributed by atoms with Gasteiger partial charge in [-0.15, -0.1) is 0 Å². The number of hydrogen-bond donors (Lipinski definition) is 1. The van der Waals surface area contributed by atoms with Gasteiger partial charge in [-0.3, -0.25) is 14.9 Å². The van der Waals surface area contributed by atoms with Gasteiger partial charge in [-0.2, -0.15) is 0 Å². The average Bonchev–Trinajstić information content (AvgIpc) is 2.82. The van der Waals surface area contributed by atoms with Gasteiger partial charge in [0.1, 0.15) is 0 Å². The SMILES string of the molecule is COc1ccc(C(=O)N(C)C2CCCNCC2)cc1[N+](=O)[O-]. The van der Waals surface area contributed by atoms with Crippen molar-refractivity contribution in [2.45, 2.75) is 25.3 Å². The third kappa shape index (κ3) is 3.54. The lowest BCUT2D eigenvalue weighted by Gasteiger charge is -2.27. The van der Waals surface area contributed by atoms with Gasteiger partial charge in [0.2, 0.25) is 0 Å². The van der Waals surface area contributed by atoms with Gasteiger partial charge in [-0.05, 0) is 44.5 Å². The number of carbonyl (C=O) groups is 1. The quantitative estimate of drug-likeness (QED) is 0.677. The molecule has 1 aromatic carbocycles. The molecule has 1 atom stereocenters. The fraction of sp³-hybridized carbons (Fsp3) is 0.533. The predicted octanol–water partition coefficient (Wildman–Crippen LogP) is 1.82. The molecule has 0 aromatic heterocycles. The summed E-state index contributed by atoms with van der Waals surface area (Å²) in [6, 6.07) is 4.48. The van der Waals surface area contributed by atoms with Crippen molar-refractivity contribution in [2.24, 2.45) is 0 Å². The van der Waals surface area contributed by atoms with Gasteiger partial charge in [-0.1, -0.05) is 0 Å². The molecule has 2 rings (SSSR count). The van der Waals surface area contributed by atoms with E-state index in [2.05, 4.69) is 5.32 Å². The van der Waals surface area contributed by atoms with Crippen molar-refractivity contribution in [2.75, 3.05) is 27.2 Å². The summed E-state index contributed by atoms with van der Waals surface area (Å²) in [5.41, 5.74) is 0.122. The van der Waals surface area contributed by atoms with Gasteiger partial charge in [0.25, 0.3) is 5.91 Å². The zero-order valence-electron chi connectivity index (χ0n) is 12.9. The number of ether oxygens (including phenoxy) is 1. The molecule has 1 fully saturated rings. The second kappa shape index (κ2) is 7.22. The molecule has 1 saturated heterocycles. The number of methoxy groups -OCH3 is 1. The lowest BCUT2D eigenvalue weighted by atomic mass is 10.1. The molecule has 7 heteroatoms. The highest BCUT2D eigenvalue weighted by Crippen LogP contribution is 2.28. The number of nitrogens with zero attached hydrogens (tertiary/aromatic N) is 2. The van der Waals surface area contributed by atoms with Crippen LogP contribution in [0.4, 0.5) is 5.69 Å². The maximum atomic E-state index is 12.6. The molecule has 1 heterocycles. The third-order valence-electron chi connectivity index (χ3n) is 4.04. The maximum Gasteiger partial charge on any atom is 0.311 e. The van der Waals surface area contributed by atoms with E-state index in [1.165, 1.54) is 19.2 Å². The number of amides is 1. The summed E-state index contributed by atoms with van der Waals surface area (Å²) in [6.45, 7) is 1.84. The second-order valence-electron chi connectivity index (χ2n) is 5.39. The molecule has 120 valence electrons. The molecule has 0 radical (unpaired) electrons. The summed E-state index contributed by atoms with van der Waals surface area (Å²) >= 11 is 0. The Labute approximate surface area is 129 Å². The number of benzene rings is 1. The van der Waals surface area contributed by atoms with E-state index in [1.54, 1.807) is 18.0 Å². The molecule has 22 heavy (non-hydrogen) atoms. The Balaban J connectivity index is 2.21. The third-order valence-corrected chi connectivity index (χ3v) is 4.04. The number of carbonyl (C=O) groups excluding carboxylic acids is 1. The van der Waals surface area contributed by atoms with Crippen LogP contribution < -0.4 is 10.1 Å². The summed E-state index contributed by atoms with van der Waals surface area (Å²) < 4.78 is 4.96. The molecule has 7 nitrogen and oxygen atoms in total. The van der Waals surface area contributed by atoms with Crippen LogP contribution in [0.25, 0.3) is 0 Å². The number of nitro groups is 1.